The van der Waals surface area contributed by atoms with Crippen molar-refractivity contribution in [3.05, 3.63) is 80.9 Å². The predicted octanol–water partition coefficient (Wildman–Crippen LogP) is 3.45. The lowest BCUT2D eigenvalue weighted by Crippen LogP contribution is -2.31. The van der Waals surface area contributed by atoms with Gasteiger partial charge in [0.1, 0.15) is 5.69 Å². The van der Waals surface area contributed by atoms with Crippen molar-refractivity contribution < 1.29 is 4.79 Å². The normalized spacial score (nSPS) is 11.0. The molecule has 0 radical (unpaired) electrons. The third kappa shape index (κ3) is 4.68. The number of thiophene rings is 1. The second kappa shape index (κ2) is 8.60. The van der Waals surface area contributed by atoms with E-state index in [9.17, 15) is 9.59 Å². The Morgan fingerprint density at radius 3 is 2.81 bits per heavy atom. The van der Waals surface area contributed by atoms with Crippen LogP contribution in [0.25, 0.3) is 16.6 Å². The van der Waals surface area contributed by atoms with Crippen LogP contribution < -0.4 is 10.9 Å². The van der Waals surface area contributed by atoms with Gasteiger partial charge >= 0.3 is 0 Å². The smallest absolute Gasteiger partial charge is 0.266 e. The number of carbonyl (C=O) groups is 1. The van der Waals surface area contributed by atoms with Gasteiger partial charge in [0.15, 0.2) is 0 Å². The monoisotopic (exact) mass is 385 g/mol. The predicted molar refractivity (Wildman–Crippen MR) is 105 cm³/mol. The number of hydrogen-bond donors (Lipinski definition) is 1. The van der Waals surface area contributed by atoms with Gasteiger partial charge in [-0.2, -0.15) is 5.10 Å². The van der Waals surface area contributed by atoms with E-state index in [1.54, 1.807) is 29.5 Å². The molecule has 3 rings (SSSR count). The highest BCUT2D eigenvalue weighted by Gasteiger charge is 2.05. The van der Waals surface area contributed by atoms with E-state index in [1.807, 2.05) is 35.7 Å². The molecule has 1 N–H and O–H groups in total. The summed E-state index contributed by atoms with van der Waals surface area (Å²) < 4.78 is 1.35. The van der Waals surface area contributed by atoms with Gasteiger partial charge in [0.25, 0.3) is 5.56 Å². The SMILES string of the molecule is O=C(/C=C/c1ccccc1Cl)NCCn1nc(-c2cccs2)ccc1=O. The molecule has 26 heavy (non-hydrogen) atoms. The Balaban J connectivity index is 1.58. The van der Waals surface area contributed by atoms with Gasteiger partial charge in [0.05, 0.1) is 11.4 Å². The number of halogens is 1. The standard InChI is InChI=1S/C19H16ClN3O2S/c20-15-5-2-1-4-14(15)7-9-18(24)21-11-12-23-19(25)10-8-16(22-23)17-6-3-13-26-17/h1-10,13H,11-12H2,(H,21,24)/b9-7+. The first-order chi connectivity index (χ1) is 12.6. The van der Waals surface area contributed by atoms with Crippen LogP contribution >= 0.6 is 22.9 Å². The zero-order valence-electron chi connectivity index (χ0n) is 13.8. The summed E-state index contributed by atoms with van der Waals surface area (Å²) in [7, 11) is 0. The van der Waals surface area contributed by atoms with E-state index in [0.29, 0.717) is 18.1 Å². The molecule has 0 fully saturated rings. The van der Waals surface area contributed by atoms with Gasteiger partial charge in [-0.05, 0) is 35.2 Å². The van der Waals surface area contributed by atoms with Gasteiger partial charge in [0, 0.05) is 23.7 Å². The molecule has 0 aliphatic heterocycles. The van der Waals surface area contributed by atoms with E-state index < -0.39 is 0 Å². The Morgan fingerprint density at radius 2 is 2.04 bits per heavy atom. The van der Waals surface area contributed by atoms with Crippen molar-refractivity contribution in [2.75, 3.05) is 6.54 Å². The Labute approximate surface area is 159 Å². The van der Waals surface area contributed by atoms with Crippen molar-refractivity contribution in [1.29, 1.82) is 0 Å². The molecule has 2 heterocycles. The molecular weight excluding hydrogens is 370 g/mol. The molecule has 0 saturated heterocycles. The minimum absolute atomic E-state index is 0.203. The molecule has 0 spiro atoms. The van der Waals surface area contributed by atoms with Crippen molar-refractivity contribution in [2.24, 2.45) is 0 Å². The number of carbonyl (C=O) groups excluding carboxylic acids is 1. The summed E-state index contributed by atoms with van der Waals surface area (Å²) in [5.41, 5.74) is 1.31. The van der Waals surface area contributed by atoms with Gasteiger partial charge in [0.2, 0.25) is 5.91 Å². The van der Waals surface area contributed by atoms with E-state index in [2.05, 4.69) is 10.4 Å². The molecule has 3 aromatic rings. The first-order valence-electron chi connectivity index (χ1n) is 7.96. The topological polar surface area (TPSA) is 64.0 Å². The number of aromatic nitrogens is 2. The van der Waals surface area contributed by atoms with Crippen molar-refractivity contribution in [3.63, 3.8) is 0 Å². The van der Waals surface area contributed by atoms with Crippen LogP contribution in [-0.4, -0.2) is 22.2 Å². The Hall–Kier alpha value is -2.70. The molecule has 1 amide bonds. The van der Waals surface area contributed by atoms with Crippen molar-refractivity contribution >= 4 is 34.9 Å². The highest BCUT2D eigenvalue weighted by molar-refractivity contribution is 7.13. The van der Waals surface area contributed by atoms with Crippen LogP contribution in [0.3, 0.4) is 0 Å². The fraction of sp³-hybridized carbons (Fsp3) is 0.105. The fourth-order valence-corrected chi connectivity index (χ4v) is 3.17. The summed E-state index contributed by atoms with van der Waals surface area (Å²) in [4.78, 5) is 24.8. The largest absolute Gasteiger partial charge is 0.351 e. The summed E-state index contributed by atoms with van der Waals surface area (Å²) in [6, 6.07) is 14.3. The van der Waals surface area contributed by atoms with E-state index in [-0.39, 0.29) is 11.5 Å². The molecule has 0 unspecified atom stereocenters. The van der Waals surface area contributed by atoms with Crippen LogP contribution in [0.1, 0.15) is 5.56 Å². The number of nitrogens with one attached hydrogen (secondary N) is 1. The van der Waals surface area contributed by atoms with Crippen LogP contribution in [0.4, 0.5) is 0 Å². The molecule has 0 aliphatic rings. The minimum Gasteiger partial charge on any atom is -0.351 e. The maximum Gasteiger partial charge on any atom is 0.266 e. The molecule has 2 aromatic heterocycles. The fourth-order valence-electron chi connectivity index (χ4n) is 2.28. The number of hydrogen-bond acceptors (Lipinski definition) is 4. The summed E-state index contributed by atoms with van der Waals surface area (Å²) in [6.07, 6.45) is 3.07. The van der Waals surface area contributed by atoms with Gasteiger partial charge in [-0.15, -0.1) is 11.3 Å². The van der Waals surface area contributed by atoms with Crippen molar-refractivity contribution in [3.8, 4) is 10.6 Å². The molecule has 0 saturated carbocycles. The summed E-state index contributed by atoms with van der Waals surface area (Å²) in [5, 5.41) is 9.62. The summed E-state index contributed by atoms with van der Waals surface area (Å²) in [6.45, 7) is 0.593. The highest BCUT2D eigenvalue weighted by atomic mass is 35.5. The minimum atomic E-state index is -0.257. The number of rotatable bonds is 6. The first kappa shape index (κ1) is 18.1. The van der Waals surface area contributed by atoms with Crippen molar-refractivity contribution in [1.82, 2.24) is 15.1 Å². The number of nitrogens with zero attached hydrogens (tertiary/aromatic N) is 2. The van der Waals surface area contributed by atoms with Gasteiger partial charge in [-0.1, -0.05) is 35.9 Å². The second-order valence-corrected chi connectivity index (χ2v) is 6.76. The van der Waals surface area contributed by atoms with Crippen LogP contribution in [-0.2, 0) is 11.3 Å². The second-order valence-electron chi connectivity index (χ2n) is 5.40. The number of amides is 1. The molecule has 0 atom stereocenters. The van der Waals surface area contributed by atoms with Crippen LogP contribution in [0, 0.1) is 0 Å². The van der Waals surface area contributed by atoms with Crippen LogP contribution in [0.2, 0.25) is 5.02 Å². The summed E-state index contributed by atoms with van der Waals surface area (Å²) in [5.74, 6) is -0.257. The molecular formula is C19H16ClN3O2S. The van der Waals surface area contributed by atoms with E-state index in [1.165, 1.54) is 16.8 Å². The molecule has 7 heteroatoms. The van der Waals surface area contributed by atoms with E-state index >= 15 is 0 Å². The lowest BCUT2D eigenvalue weighted by atomic mass is 10.2. The van der Waals surface area contributed by atoms with Crippen LogP contribution in [0.5, 0.6) is 0 Å². The quantitative estimate of drug-likeness (QED) is 0.661. The van der Waals surface area contributed by atoms with Gasteiger partial charge < -0.3 is 5.32 Å². The molecule has 1 aromatic carbocycles. The Bertz CT molecular complexity index is 980. The maximum atomic E-state index is 11.9. The van der Waals surface area contributed by atoms with Crippen LogP contribution in [0.15, 0.2) is 64.8 Å². The molecule has 132 valence electrons. The highest BCUT2D eigenvalue weighted by Crippen LogP contribution is 2.21. The zero-order valence-corrected chi connectivity index (χ0v) is 15.3. The average Bonchev–Trinajstić information content (AvgIpc) is 3.17. The molecule has 5 nitrogen and oxygen atoms in total. The molecule has 0 aliphatic carbocycles. The Morgan fingerprint density at radius 1 is 1.19 bits per heavy atom. The van der Waals surface area contributed by atoms with Gasteiger partial charge in [-0.3, -0.25) is 9.59 Å². The van der Waals surface area contributed by atoms with E-state index in [4.69, 9.17) is 11.6 Å². The summed E-state index contributed by atoms with van der Waals surface area (Å²) >= 11 is 7.60. The Kier molecular flexibility index (Phi) is 5.99. The van der Waals surface area contributed by atoms with Crippen molar-refractivity contribution in [2.45, 2.75) is 6.54 Å². The lowest BCUT2D eigenvalue weighted by Gasteiger charge is -2.06. The third-order valence-electron chi connectivity index (χ3n) is 3.58. The third-order valence-corrected chi connectivity index (χ3v) is 4.82. The average molecular weight is 386 g/mol. The molecule has 0 bridgehead atoms. The zero-order chi connectivity index (χ0) is 18.4. The first-order valence-corrected chi connectivity index (χ1v) is 9.22. The maximum absolute atomic E-state index is 11.9. The number of benzene rings is 1. The van der Waals surface area contributed by atoms with E-state index in [0.717, 1.165) is 16.1 Å². The lowest BCUT2D eigenvalue weighted by molar-refractivity contribution is -0.116. The van der Waals surface area contributed by atoms with Gasteiger partial charge in [-0.25, -0.2) is 4.68 Å².